The van der Waals surface area contributed by atoms with Crippen molar-refractivity contribution in [1.82, 2.24) is 15.2 Å². The molecule has 0 fully saturated rings. The first-order valence-corrected chi connectivity index (χ1v) is 10.8. The molecule has 0 saturated carbocycles. The van der Waals surface area contributed by atoms with E-state index in [1.807, 2.05) is 44.3 Å². The zero-order valence-corrected chi connectivity index (χ0v) is 20.0. The van der Waals surface area contributed by atoms with Crippen LogP contribution in [-0.4, -0.2) is 59.7 Å². The molecule has 32 heavy (non-hydrogen) atoms. The number of benzene rings is 1. The second kappa shape index (κ2) is 10.5. The lowest BCUT2D eigenvalue weighted by atomic mass is 10.00. The number of carbonyl (C=O) groups excluding carboxylic acids is 3. The second-order valence-corrected chi connectivity index (χ2v) is 9.38. The molecule has 1 aromatic heterocycles. The van der Waals surface area contributed by atoms with Gasteiger partial charge in [0.25, 0.3) is 0 Å². The third kappa shape index (κ3) is 6.73. The number of nitrogens with zero attached hydrogens (tertiary/aromatic N) is 1. The number of nitrogens with one attached hydrogen (secondary N) is 2. The van der Waals surface area contributed by atoms with Crippen molar-refractivity contribution in [2.45, 2.75) is 65.1 Å². The maximum Gasteiger partial charge on any atom is 0.408 e. The molecule has 2 atom stereocenters. The Labute approximate surface area is 189 Å². The average molecular weight is 446 g/mol. The van der Waals surface area contributed by atoms with E-state index in [0.717, 1.165) is 16.5 Å². The molecule has 8 nitrogen and oxygen atoms in total. The van der Waals surface area contributed by atoms with Crippen LogP contribution in [0, 0.1) is 5.92 Å². The predicted molar refractivity (Wildman–Crippen MR) is 123 cm³/mol. The summed E-state index contributed by atoms with van der Waals surface area (Å²) in [7, 11) is 2.86. The van der Waals surface area contributed by atoms with E-state index in [-0.39, 0.29) is 18.2 Å². The fourth-order valence-electron chi connectivity index (χ4n) is 3.57. The first kappa shape index (κ1) is 25.2. The summed E-state index contributed by atoms with van der Waals surface area (Å²) in [6.07, 6.45) is 1.85. The van der Waals surface area contributed by atoms with Crippen LogP contribution in [0.4, 0.5) is 4.79 Å². The minimum Gasteiger partial charge on any atom is -0.467 e. The van der Waals surface area contributed by atoms with Gasteiger partial charge in [-0.05, 0) is 44.7 Å². The summed E-state index contributed by atoms with van der Waals surface area (Å²) in [5.74, 6) is -0.760. The van der Waals surface area contributed by atoms with Crippen molar-refractivity contribution in [3.05, 3.63) is 36.0 Å². The summed E-state index contributed by atoms with van der Waals surface area (Å²) in [6.45, 7) is 9.19. The number of methoxy groups -OCH3 is 1. The summed E-state index contributed by atoms with van der Waals surface area (Å²) >= 11 is 0. The lowest BCUT2D eigenvalue weighted by Gasteiger charge is -2.31. The van der Waals surface area contributed by atoms with E-state index < -0.39 is 29.7 Å². The highest BCUT2D eigenvalue weighted by molar-refractivity contribution is 5.90. The van der Waals surface area contributed by atoms with Crippen LogP contribution in [0.25, 0.3) is 10.9 Å². The standard InChI is InChI=1S/C24H35N3O5/c1-15(2)12-19(26-23(30)32-24(3,4)5)21(28)27(6)20(22(29)31-7)13-16-14-25-18-11-9-8-10-17(16)18/h8-11,14-15,19-20,25H,12-13H2,1-7H3,(H,26,30). The fraction of sp³-hybridized carbons (Fsp3) is 0.542. The number of ether oxygens (including phenoxy) is 2. The largest absolute Gasteiger partial charge is 0.467 e. The summed E-state index contributed by atoms with van der Waals surface area (Å²) in [4.78, 5) is 42.9. The highest BCUT2D eigenvalue weighted by atomic mass is 16.6. The predicted octanol–water partition coefficient (Wildman–Crippen LogP) is 3.65. The number of para-hydroxylation sites is 1. The molecule has 2 unspecified atom stereocenters. The Hall–Kier alpha value is -3.03. The number of rotatable bonds is 8. The molecule has 2 rings (SSSR count). The normalized spacial score (nSPS) is 13.5. The van der Waals surface area contributed by atoms with Gasteiger partial charge in [0.15, 0.2) is 0 Å². The van der Waals surface area contributed by atoms with Gasteiger partial charge in [0.1, 0.15) is 17.7 Å². The number of fused-ring (bicyclic) bond motifs is 1. The number of hydrogen-bond acceptors (Lipinski definition) is 5. The maximum atomic E-state index is 13.4. The average Bonchev–Trinajstić information content (AvgIpc) is 3.11. The molecule has 0 bridgehead atoms. The number of esters is 1. The van der Waals surface area contributed by atoms with Crippen molar-refractivity contribution in [2.24, 2.45) is 5.92 Å². The molecule has 0 spiro atoms. The topological polar surface area (TPSA) is 101 Å². The highest BCUT2D eigenvalue weighted by Gasteiger charge is 2.34. The van der Waals surface area contributed by atoms with Crippen LogP contribution in [0.5, 0.6) is 0 Å². The monoisotopic (exact) mass is 445 g/mol. The van der Waals surface area contributed by atoms with E-state index in [1.54, 1.807) is 27.8 Å². The lowest BCUT2D eigenvalue weighted by molar-refractivity contribution is -0.152. The number of H-pyrrole nitrogens is 1. The van der Waals surface area contributed by atoms with Crippen molar-refractivity contribution in [1.29, 1.82) is 0 Å². The molecule has 0 radical (unpaired) electrons. The maximum absolute atomic E-state index is 13.4. The van der Waals surface area contributed by atoms with Crippen LogP contribution in [0.15, 0.2) is 30.5 Å². The first-order valence-electron chi connectivity index (χ1n) is 10.8. The SMILES string of the molecule is COC(=O)C(Cc1c[nH]c2ccccc12)N(C)C(=O)C(CC(C)C)NC(=O)OC(C)(C)C. The highest BCUT2D eigenvalue weighted by Crippen LogP contribution is 2.21. The molecule has 2 N–H and O–H groups in total. The third-order valence-corrected chi connectivity index (χ3v) is 5.07. The number of amides is 2. The van der Waals surface area contributed by atoms with E-state index >= 15 is 0 Å². The first-order chi connectivity index (χ1) is 14.9. The van der Waals surface area contributed by atoms with Crippen molar-refractivity contribution in [3.8, 4) is 0 Å². The molecule has 0 aliphatic rings. The summed E-state index contributed by atoms with van der Waals surface area (Å²) in [5.41, 5.74) is 1.16. The van der Waals surface area contributed by atoms with Gasteiger partial charge >= 0.3 is 12.1 Å². The number of aromatic amines is 1. The van der Waals surface area contributed by atoms with Crippen LogP contribution in [-0.2, 0) is 25.5 Å². The molecule has 1 aromatic carbocycles. The number of likely N-dealkylation sites (N-methyl/N-ethyl adjacent to an activating group) is 1. The minimum atomic E-state index is -0.846. The zero-order chi connectivity index (χ0) is 24.1. The molecule has 2 amide bonds. The Balaban J connectivity index is 2.26. The van der Waals surface area contributed by atoms with E-state index in [4.69, 9.17) is 9.47 Å². The van der Waals surface area contributed by atoms with Crippen LogP contribution >= 0.6 is 0 Å². The quantitative estimate of drug-likeness (QED) is 0.604. The smallest absolute Gasteiger partial charge is 0.408 e. The van der Waals surface area contributed by atoms with Gasteiger partial charge in [-0.15, -0.1) is 0 Å². The fourth-order valence-corrected chi connectivity index (χ4v) is 3.57. The molecular weight excluding hydrogens is 410 g/mol. The van der Waals surface area contributed by atoms with Gasteiger partial charge in [0.05, 0.1) is 7.11 Å². The Bertz CT molecular complexity index is 945. The molecule has 0 saturated heterocycles. The summed E-state index contributed by atoms with van der Waals surface area (Å²) in [5, 5.41) is 3.65. The number of aromatic nitrogens is 1. The molecule has 176 valence electrons. The second-order valence-electron chi connectivity index (χ2n) is 9.38. The van der Waals surface area contributed by atoms with Gasteiger partial charge in [-0.3, -0.25) is 4.79 Å². The van der Waals surface area contributed by atoms with Crippen molar-refractivity contribution in [2.75, 3.05) is 14.2 Å². The molecule has 0 aliphatic carbocycles. The van der Waals surface area contributed by atoms with Gasteiger partial charge in [0, 0.05) is 30.6 Å². The minimum absolute atomic E-state index is 0.137. The number of carbonyl (C=O) groups is 3. The summed E-state index contributed by atoms with van der Waals surface area (Å²) in [6, 6.07) is 6.08. The van der Waals surface area contributed by atoms with Crippen molar-refractivity contribution < 1.29 is 23.9 Å². The van der Waals surface area contributed by atoms with E-state index in [2.05, 4.69) is 10.3 Å². The zero-order valence-electron chi connectivity index (χ0n) is 20.0. The van der Waals surface area contributed by atoms with Gasteiger partial charge < -0.3 is 24.7 Å². The molecule has 1 heterocycles. The molecule has 2 aromatic rings. The van der Waals surface area contributed by atoms with Crippen LogP contribution < -0.4 is 5.32 Å². The van der Waals surface area contributed by atoms with E-state index in [0.29, 0.717) is 6.42 Å². The van der Waals surface area contributed by atoms with Crippen molar-refractivity contribution >= 4 is 28.9 Å². The van der Waals surface area contributed by atoms with Crippen LogP contribution in [0.1, 0.15) is 46.6 Å². The lowest BCUT2D eigenvalue weighted by Crippen LogP contribution is -2.54. The van der Waals surface area contributed by atoms with Gasteiger partial charge in [0.2, 0.25) is 5.91 Å². The van der Waals surface area contributed by atoms with E-state index in [9.17, 15) is 14.4 Å². The Morgan fingerprint density at radius 2 is 1.81 bits per heavy atom. The molecular formula is C24H35N3O5. The van der Waals surface area contributed by atoms with Gasteiger partial charge in [-0.1, -0.05) is 32.0 Å². The van der Waals surface area contributed by atoms with Crippen LogP contribution in [0.2, 0.25) is 0 Å². The van der Waals surface area contributed by atoms with Gasteiger partial charge in [-0.2, -0.15) is 0 Å². The Morgan fingerprint density at radius 1 is 1.16 bits per heavy atom. The number of alkyl carbamates (subject to hydrolysis) is 1. The van der Waals surface area contributed by atoms with Crippen LogP contribution in [0.3, 0.4) is 0 Å². The Kier molecular flexibility index (Phi) is 8.30. The van der Waals surface area contributed by atoms with Gasteiger partial charge in [-0.25, -0.2) is 9.59 Å². The van der Waals surface area contributed by atoms with Crippen molar-refractivity contribution in [3.63, 3.8) is 0 Å². The summed E-state index contributed by atoms with van der Waals surface area (Å²) < 4.78 is 10.3. The Morgan fingerprint density at radius 3 is 2.41 bits per heavy atom. The molecule has 8 heteroatoms. The number of hydrogen-bond donors (Lipinski definition) is 2. The molecule has 0 aliphatic heterocycles. The third-order valence-electron chi connectivity index (χ3n) is 5.07. The van der Waals surface area contributed by atoms with E-state index in [1.165, 1.54) is 12.0 Å².